The molecule has 1 rings (SSSR count). The third kappa shape index (κ3) is 6.51. The minimum Gasteiger partial charge on any atom is -0.359 e. The zero-order chi connectivity index (χ0) is 15.9. The molecule has 0 aromatic carbocycles. The molecule has 114 valence electrons. The van der Waals surface area contributed by atoms with Gasteiger partial charge in [0.1, 0.15) is 18.5 Å². The van der Waals surface area contributed by atoms with Gasteiger partial charge in [-0.3, -0.25) is 4.99 Å². The molecule has 0 radical (unpaired) electrons. The van der Waals surface area contributed by atoms with Crippen LogP contribution in [0.2, 0.25) is 25.7 Å². The van der Waals surface area contributed by atoms with Crippen LogP contribution in [0.5, 0.6) is 0 Å². The van der Waals surface area contributed by atoms with Gasteiger partial charge >= 0.3 is 0 Å². The molecule has 0 aliphatic carbocycles. The van der Waals surface area contributed by atoms with Crippen LogP contribution >= 0.6 is 0 Å². The van der Waals surface area contributed by atoms with Gasteiger partial charge in [-0.15, -0.1) is 0 Å². The molecule has 0 amide bonds. The Morgan fingerprint density at radius 1 is 1.57 bits per heavy atom. The molecule has 0 aliphatic heterocycles. The van der Waals surface area contributed by atoms with Crippen molar-refractivity contribution in [3.05, 3.63) is 29.6 Å². The quantitative estimate of drug-likeness (QED) is 0.421. The number of hydrogen-bond acceptors (Lipinski definition) is 4. The molecule has 1 aromatic rings. The second-order valence-corrected chi connectivity index (χ2v) is 11.8. The summed E-state index contributed by atoms with van der Waals surface area (Å²) in [7, 11) is 0.616. The van der Waals surface area contributed by atoms with Crippen LogP contribution in [0.25, 0.3) is 0 Å². The molecule has 0 unspecified atom stereocenters. The Morgan fingerprint density at radius 3 is 2.86 bits per heavy atom. The van der Waals surface area contributed by atoms with Gasteiger partial charge in [-0.1, -0.05) is 26.2 Å². The third-order valence-corrected chi connectivity index (χ3v) is 4.58. The first-order valence-corrected chi connectivity index (χ1v) is 10.7. The van der Waals surface area contributed by atoms with Crippen LogP contribution in [0.1, 0.15) is 11.4 Å². The van der Waals surface area contributed by atoms with Gasteiger partial charge in [0, 0.05) is 34.4 Å². The molecule has 0 aliphatic rings. The highest BCUT2D eigenvalue weighted by Crippen LogP contribution is 2.10. The minimum absolute atomic E-state index is 0.321. The van der Waals surface area contributed by atoms with E-state index in [0.717, 1.165) is 17.3 Å². The lowest BCUT2D eigenvalue weighted by molar-refractivity contribution is 0.0777. The van der Waals surface area contributed by atoms with E-state index in [4.69, 9.17) is 10.00 Å². The zero-order valence-corrected chi connectivity index (χ0v) is 14.4. The maximum absolute atomic E-state index is 9.15. The van der Waals surface area contributed by atoms with Gasteiger partial charge in [0.05, 0.1) is 5.69 Å². The summed E-state index contributed by atoms with van der Waals surface area (Å²) in [5.41, 5.74) is 2.19. The van der Waals surface area contributed by atoms with E-state index in [1.54, 1.807) is 24.0 Å². The topological polar surface area (TPSA) is 63.2 Å². The Morgan fingerprint density at radius 2 is 2.29 bits per heavy atom. The molecule has 1 heterocycles. The van der Waals surface area contributed by atoms with Crippen LogP contribution in [0.4, 0.5) is 0 Å². The van der Waals surface area contributed by atoms with E-state index in [9.17, 15) is 0 Å². The van der Waals surface area contributed by atoms with E-state index < -0.39 is 8.07 Å². The average molecular weight is 304 g/mol. The summed E-state index contributed by atoms with van der Waals surface area (Å²) < 4.78 is 7.25. The molecule has 0 bridgehead atoms. The lowest BCUT2D eigenvalue weighted by Crippen LogP contribution is -2.22. The molecule has 5 nitrogen and oxygen atoms in total. The van der Waals surface area contributed by atoms with Crippen molar-refractivity contribution < 1.29 is 4.74 Å². The maximum atomic E-state index is 9.15. The van der Waals surface area contributed by atoms with E-state index in [1.165, 1.54) is 0 Å². The first-order valence-electron chi connectivity index (χ1n) is 7.00. The number of nitrogens with zero attached hydrogens (tertiary/aromatic N) is 4. The molecule has 0 atom stereocenters. The fraction of sp³-hybridized carbons (Fsp3) is 0.533. The fourth-order valence-corrected chi connectivity index (χ4v) is 2.49. The van der Waals surface area contributed by atoms with Crippen LogP contribution in [0.3, 0.4) is 0 Å². The van der Waals surface area contributed by atoms with Gasteiger partial charge in [-0.05, 0) is 17.7 Å². The van der Waals surface area contributed by atoms with E-state index in [1.807, 2.05) is 0 Å². The molecule has 0 N–H and O–H groups in total. The second-order valence-electron chi connectivity index (χ2n) is 6.20. The van der Waals surface area contributed by atoms with Crippen molar-refractivity contribution in [3.63, 3.8) is 0 Å². The maximum Gasteiger partial charge on any atom is 0.141 e. The Balaban J connectivity index is 2.60. The Kier molecular flexibility index (Phi) is 6.53. The molecular formula is C15H24N4OSi. The summed E-state index contributed by atoms with van der Waals surface area (Å²) in [4.78, 5) is 3.92. The monoisotopic (exact) mass is 304 g/mol. The smallest absolute Gasteiger partial charge is 0.141 e. The molecular weight excluding hydrogens is 280 g/mol. The van der Waals surface area contributed by atoms with Crippen LogP contribution in [0.15, 0.2) is 23.2 Å². The number of ether oxygens (including phenoxy) is 1. The molecule has 0 saturated heterocycles. The van der Waals surface area contributed by atoms with Gasteiger partial charge in [-0.25, -0.2) is 4.68 Å². The Bertz CT molecular complexity index is 549. The summed E-state index contributed by atoms with van der Waals surface area (Å²) in [5, 5.41) is 13.5. The summed E-state index contributed by atoms with van der Waals surface area (Å²) >= 11 is 0. The predicted molar refractivity (Wildman–Crippen MR) is 88.3 cm³/mol. The van der Waals surface area contributed by atoms with Gasteiger partial charge in [0.2, 0.25) is 0 Å². The van der Waals surface area contributed by atoms with E-state index in [0.29, 0.717) is 25.5 Å². The first kappa shape index (κ1) is 17.3. The highest BCUT2D eigenvalue weighted by Gasteiger charge is 2.13. The van der Waals surface area contributed by atoms with Gasteiger partial charge in [0.25, 0.3) is 0 Å². The van der Waals surface area contributed by atoms with E-state index in [-0.39, 0.29) is 0 Å². The van der Waals surface area contributed by atoms with Crippen LogP contribution in [-0.4, -0.2) is 37.7 Å². The lowest BCUT2D eigenvalue weighted by Gasteiger charge is -2.15. The molecule has 0 fully saturated rings. The standard InChI is InChI=1S/C15H24N4OSi/c1-13(11-17-2)8-14-9-15(10-16)19(18-14)12-20-6-7-21(3,4)5/h9,11H,1,6-8,12H2,2-5H3. The number of hydrogen-bond donors (Lipinski definition) is 0. The van der Waals surface area contributed by atoms with Crippen molar-refractivity contribution in [2.24, 2.45) is 4.99 Å². The number of aliphatic imine (C=N–C) groups is 1. The van der Waals surface area contributed by atoms with Gasteiger partial charge in [-0.2, -0.15) is 10.4 Å². The fourth-order valence-electron chi connectivity index (χ4n) is 1.74. The van der Waals surface area contributed by atoms with Crippen molar-refractivity contribution in [2.45, 2.75) is 38.8 Å². The summed E-state index contributed by atoms with van der Waals surface area (Å²) in [6.07, 6.45) is 2.30. The second kappa shape index (κ2) is 7.91. The van der Waals surface area contributed by atoms with Crippen molar-refractivity contribution in [1.29, 1.82) is 5.26 Å². The van der Waals surface area contributed by atoms with E-state index >= 15 is 0 Å². The third-order valence-electron chi connectivity index (χ3n) is 2.87. The van der Waals surface area contributed by atoms with E-state index in [2.05, 4.69) is 42.4 Å². The SMILES string of the molecule is C=C(C=NC)Cc1cc(C#N)n(COCC[Si](C)(C)C)n1. The number of aromatic nitrogens is 2. The summed E-state index contributed by atoms with van der Waals surface area (Å²) in [6.45, 7) is 11.9. The highest BCUT2D eigenvalue weighted by atomic mass is 28.3. The number of rotatable bonds is 8. The zero-order valence-electron chi connectivity index (χ0n) is 13.4. The normalized spacial score (nSPS) is 11.8. The van der Waals surface area contributed by atoms with Crippen molar-refractivity contribution in [3.8, 4) is 6.07 Å². The molecule has 21 heavy (non-hydrogen) atoms. The first-order chi connectivity index (χ1) is 9.85. The Hall–Kier alpha value is -1.71. The summed E-state index contributed by atoms with van der Waals surface area (Å²) in [6, 6.07) is 5.02. The average Bonchev–Trinajstić information content (AvgIpc) is 2.76. The summed E-state index contributed by atoms with van der Waals surface area (Å²) in [5.74, 6) is 0. The number of nitriles is 1. The van der Waals surface area contributed by atoms with Crippen LogP contribution in [0, 0.1) is 11.3 Å². The highest BCUT2D eigenvalue weighted by molar-refractivity contribution is 6.76. The number of allylic oxidation sites excluding steroid dienone is 1. The van der Waals surface area contributed by atoms with Crippen molar-refractivity contribution in [1.82, 2.24) is 9.78 Å². The molecule has 1 aromatic heterocycles. The van der Waals surface area contributed by atoms with Crippen LogP contribution < -0.4 is 0 Å². The largest absolute Gasteiger partial charge is 0.359 e. The molecule has 0 saturated carbocycles. The lowest BCUT2D eigenvalue weighted by atomic mass is 10.2. The Labute approximate surface area is 128 Å². The van der Waals surface area contributed by atoms with Gasteiger partial charge in [0.15, 0.2) is 0 Å². The predicted octanol–water partition coefficient (Wildman–Crippen LogP) is 2.87. The van der Waals surface area contributed by atoms with Crippen molar-refractivity contribution in [2.75, 3.05) is 13.7 Å². The van der Waals surface area contributed by atoms with Crippen LogP contribution in [-0.2, 0) is 17.9 Å². The van der Waals surface area contributed by atoms with Crippen molar-refractivity contribution >= 4 is 14.3 Å². The molecule has 0 spiro atoms. The minimum atomic E-state index is -1.09. The molecule has 6 heteroatoms. The van der Waals surface area contributed by atoms with Gasteiger partial charge < -0.3 is 4.74 Å².